The number of carbonyl (C=O) groups is 1. The van der Waals surface area contributed by atoms with Gasteiger partial charge in [0.25, 0.3) is 10.1 Å². The lowest BCUT2D eigenvalue weighted by molar-refractivity contribution is 0.179. The van der Waals surface area contributed by atoms with Gasteiger partial charge in [0.05, 0.1) is 11.8 Å². The van der Waals surface area contributed by atoms with Gasteiger partial charge in [-0.15, -0.1) is 0 Å². The van der Waals surface area contributed by atoms with E-state index in [1.165, 1.54) is 4.90 Å². The maximum atomic E-state index is 11.9. The van der Waals surface area contributed by atoms with Crippen molar-refractivity contribution in [2.45, 2.75) is 13.0 Å². The van der Waals surface area contributed by atoms with E-state index in [2.05, 4.69) is 10.1 Å². The summed E-state index contributed by atoms with van der Waals surface area (Å²) in [6.07, 6.45) is -0.680. The molecule has 122 valence electrons. The Kier molecular flexibility index (Phi) is 3.78. The van der Waals surface area contributed by atoms with Gasteiger partial charge in [-0.25, -0.2) is 4.79 Å². The first-order chi connectivity index (χ1) is 10.8. The number of ether oxygens (including phenoxy) is 1. The Labute approximate surface area is 131 Å². The molecular weight excluding hydrogens is 326 g/mol. The molecule has 0 spiro atoms. The molecule has 0 aliphatic carbocycles. The molecule has 1 atom stereocenters. The molecule has 1 aromatic carbocycles. The third-order valence-electron chi connectivity index (χ3n) is 3.27. The number of nitrogens with zero attached hydrogens (tertiary/aromatic N) is 3. The minimum absolute atomic E-state index is 0.121. The predicted molar refractivity (Wildman–Crippen MR) is 78.5 cm³/mol. The zero-order valence-electron chi connectivity index (χ0n) is 12.0. The highest BCUT2D eigenvalue weighted by Crippen LogP contribution is 2.27. The summed E-state index contributed by atoms with van der Waals surface area (Å²) in [5, 5.41) is 3.79. The summed E-state index contributed by atoms with van der Waals surface area (Å²) in [7, 11) is -4.24. The van der Waals surface area contributed by atoms with Crippen LogP contribution in [0.25, 0.3) is 11.4 Å². The van der Waals surface area contributed by atoms with Crippen LogP contribution in [-0.2, 0) is 14.9 Å². The van der Waals surface area contributed by atoms with Crippen LogP contribution in [0.15, 0.2) is 28.8 Å². The number of anilines is 1. The number of aromatic nitrogens is 2. The lowest BCUT2D eigenvalue weighted by Gasteiger charge is -2.20. The van der Waals surface area contributed by atoms with Gasteiger partial charge in [-0.3, -0.25) is 9.45 Å². The minimum Gasteiger partial charge on any atom is -0.447 e. The van der Waals surface area contributed by atoms with Crippen LogP contribution in [0.4, 0.5) is 10.5 Å². The Morgan fingerprint density at radius 1 is 1.43 bits per heavy atom. The molecule has 2 heterocycles. The highest BCUT2D eigenvalue weighted by Gasteiger charge is 2.37. The Bertz CT molecular complexity index is 847. The molecule has 0 bridgehead atoms. The van der Waals surface area contributed by atoms with Gasteiger partial charge in [0.2, 0.25) is 11.7 Å². The number of hydrogen-bond acceptors (Lipinski definition) is 7. The molecule has 1 fully saturated rings. The maximum absolute atomic E-state index is 11.9. The molecule has 0 radical (unpaired) electrons. The quantitative estimate of drug-likeness (QED) is 0.826. The van der Waals surface area contributed by atoms with Crippen LogP contribution in [0.3, 0.4) is 0 Å². The fraction of sp³-hybridized carbons (Fsp3) is 0.308. The molecule has 1 amide bonds. The summed E-state index contributed by atoms with van der Waals surface area (Å²) in [5.74, 6) is 0.142. The van der Waals surface area contributed by atoms with Crippen molar-refractivity contribution in [3.8, 4) is 11.4 Å². The first-order valence-electron chi connectivity index (χ1n) is 6.65. The van der Waals surface area contributed by atoms with Gasteiger partial charge < -0.3 is 9.26 Å². The number of benzene rings is 1. The first-order valence-corrected chi connectivity index (χ1v) is 8.26. The third kappa shape index (κ3) is 3.32. The maximum Gasteiger partial charge on any atom is 0.414 e. The number of cyclic esters (lactones) is 1. The normalized spacial score (nSPS) is 18.3. The van der Waals surface area contributed by atoms with E-state index in [4.69, 9.17) is 13.8 Å². The number of hydrogen-bond donors (Lipinski definition) is 1. The third-order valence-corrected chi connectivity index (χ3v) is 4.08. The molecule has 1 saturated heterocycles. The number of carbonyl (C=O) groups excluding carboxylic acids is 1. The molecule has 3 rings (SSSR count). The standard InChI is InChI=1S/C13H13N3O6S/c1-8-14-12(15-22-8)9-3-2-4-10(5-9)16-11(6-21-13(16)17)7-23(18,19)20/h2-5,11H,6-7H2,1H3,(H,18,19,20). The van der Waals surface area contributed by atoms with Gasteiger partial charge in [0.15, 0.2) is 0 Å². The number of amides is 1. The topological polar surface area (TPSA) is 123 Å². The van der Waals surface area contributed by atoms with Gasteiger partial charge >= 0.3 is 6.09 Å². The Morgan fingerprint density at radius 2 is 2.22 bits per heavy atom. The second-order valence-corrected chi connectivity index (χ2v) is 6.53. The number of aryl methyl sites for hydroxylation is 1. The molecule has 9 nitrogen and oxygen atoms in total. The van der Waals surface area contributed by atoms with E-state index in [1.54, 1.807) is 31.2 Å². The van der Waals surface area contributed by atoms with Gasteiger partial charge in [0.1, 0.15) is 6.61 Å². The lowest BCUT2D eigenvalue weighted by atomic mass is 10.1. The largest absolute Gasteiger partial charge is 0.447 e. The second kappa shape index (κ2) is 5.63. The van der Waals surface area contributed by atoms with Crippen LogP contribution in [-0.4, -0.2) is 47.6 Å². The summed E-state index contributed by atoms with van der Waals surface area (Å²) in [6.45, 7) is 1.53. The van der Waals surface area contributed by atoms with Crippen molar-refractivity contribution in [3.05, 3.63) is 30.2 Å². The van der Waals surface area contributed by atoms with Crippen molar-refractivity contribution >= 4 is 21.9 Å². The average Bonchev–Trinajstić information content (AvgIpc) is 3.04. The van der Waals surface area contributed by atoms with Crippen molar-refractivity contribution in [1.82, 2.24) is 10.1 Å². The van der Waals surface area contributed by atoms with E-state index in [0.717, 1.165) is 0 Å². The fourth-order valence-electron chi connectivity index (χ4n) is 2.35. The SMILES string of the molecule is Cc1nc(-c2cccc(N3C(=O)OCC3CS(=O)(=O)O)c2)no1. The molecule has 2 aromatic rings. The van der Waals surface area contributed by atoms with Crippen LogP contribution < -0.4 is 4.90 Å². The smallest absolute Gasteiger partial charge is 0.414 e. The molecule has 1 aliphatic heterocycles. The van der Waals surface area contributed by atoms with Crippen molar-refractivity contribution < 1.29 is 27.0 Å². The molecule has 23 heavy (non-hydrogen) atoms. The van der Waals surface area contributed by atoms with Crippen molar-refractivity contribution in [3.63, 3.8) is 0 Å². The van der Waals surface area contributed by atoms with Crippen LogP contribution in [0.1, 0.15) is 5.89 Å². The summed E-state index contributed by atoms with van der Waals surface area (Å²) in [5.41, 5.74) is 1.02. The zero-order valence-corrected chi connectivity index (χ0v) is 12.9. The number of rotatable bonds is 4. The van der Waals surface area contributed by atoms with Crippen molar-refractivity contribution in [2.75, 3.05) is 17.3 Å². The molecule has 1 aromatic heterocycles. The Morgan fingerprint density at radius 3 is 2.87 bits per heavy atom. The van der Waals surface area contributed by atoms with E-state index < -0.39 is 28.0 Å². The highest BCUT2D eigenvalue weighted by molar-refractivity contribution is 7.85. The van der Waals surface area contributed by atoms with E-state index in [9.17, 15) is 13.2 Å². The van der Waals surface area contributed by atoms with E-state index in [0.29, 0.717) is 23.0 Å². The van der Waals surface area contributed by atoms with Crippen molar-refractivity contribution in [1.29, 1.82) is 0 Å². The fourth-order valence-corrected chi connectivity index (χ4v) is 3.09. The van der Waals surface area contributed by atoms with E-state index in [-0.39, 0.29) is 6.61 Å². The predicted octanol–water partition coefficient (Wildman–Crippen LogP) is 1.26. The summed E-state index contributed by atoms with van der Waals surface area (Å²) in [6, 6.07) is 5.84. The molecule has 1 N–H and O–H groups in total. The monoisotopic (exact) mass is 339 g/mol. The average molecular weight is 339 g/mol. The van der Waals surface area contributed by atoms with Gasteiger partial charge in [0, 0.05) is 18.2 Å². The lowest BCUT2D eigenvalue weighted by Crippen LogP contribution is -2.38. The molecule has 0 saturated carbocycles. The Balaban J connectivity index is 1.95. The van der Waals surface area contributed by atoms with Crippen LogP contribution in [0, 0.1) is 6.92 Å². The minimum atomic E-state index is -4.24. The van der Waals surface area contributed by atoms with Crippen LogP contribution in [0.2, 0.25) is 0 Å². The molecule has 1 aliphatic rings. The molecular formula is C13H13N3O6S. The van der Waals surface area contributed by atoms with Crippen LogP contribution in [0.5, 0.6) is 0 Å². The summed E-state index contributed by atoms with van der Waals surface area (Å²) in [4.78, 5) is 17.2. The van der Waals surface area contributed by atoms with E-state index >= 15 is 0 Å². The van der Waals surface area contributed by atoms with Gasteiger partial charge in [-0.2, -0.15) is 13.4 Å². The first kappa shape index (κ1) is 15.4. The van der Waals surface area contributed by atoms with Crippen LogP contribution >= 0.6 is 0 Å². The van der Waals surface area contributed by atoms with E-state index in [1.807, 2.05) is 0 Å². The Hall–Kier alpha value is -2.46. The zero-order chi connectivity index (χ0) is 16.6. The highest BCUT2D eigenvalue weighted by atomic mass is 32.2. The summed E-state index contributed by atoms with van der Waals surface area (Å²) < 4.78 is 41.0. The molecule has 10 heteroatoms. The summed E-state index contributed by atoms with van der Waals surface area (Å²) >= 11 is 0. The molecule has 1 unspecified atom stereocenters. The van der Waals surface area contributed by atoms with Gasteiger partial charge in [-0.1, -0.05) is 17.3 Å². The second-order valence-electron chi connectivity index (χ2n) is 5.04. The van der Waals surface area contributed by atoms with Crippen molar-refractivity contribution in [2.24, 2.45) is 0 Å². The van der Waals surface area contributed by atoms with Gasteiger partial charge in [-0.05, 0) is 12.1 Å².